The summed E-state index contributed by atoms with van der Waals surface area (Å²) in [4.78, 5) is 22.9. The SMILES string of the molecule is COc1ccc(CNC(=O)c2cccc(NC(N)=O)c2)cc1F. The van der Waals surface area contributed by atoms with Crippen molar-refractivity contribution in [3.05, 3.63) is 59.4 Å². The van der Waals surface area contributed by atoms with Gasteiger partial charge in [-0.05, 0) is 35.9 Å². The first-order valence-electron chi connectivity index (χ1n) is 6.76. The highest BCUT2D eigenvalue weighted by Gasteiger charge is 2.08. The zero-order valence-corrected chi connectivity index (χ0v) is 12.4. The number of amides is 3. The van der Waals surface area contributed by atoms with Crippen LogP contribution in [0.3, 0.4) is 0 Å². The van der Waals surface area contributed by atoms with E-state index in [1.165, 1.54) is 25.3 Å². The van der Waals surface area contributed by atoms with Crippen LogP contribution >= 0.6 is 0 Å². The normalized spacial score (nSPS) is 10.0. The number of benzene rings is 2. The van der Waals surface area contributed by atoms with Gasteiger partial charge in [0.25, 0.3) is 5.91 Å². The second kappa shape index (κ2) is 7.26. The van der Waals surface area contributed by atoms with Gasteiger partial charge in [0.05, 0.1) is 7.11 Å². The van der Waals surface area contributed by atoms with E-state index in [1.54, 1.807) is 24.3 Å². The fourth-order valence-corrected chi connectivity index (χ4v) is 1.98. The Balaban J connectivity index is 2.02. The molecular weight excluding hydrogens is 301 g/mol. The molecule has 0 aliphatic rings. The van der Waals surface area contributed by atoms with Gasteiger partial charge >= 0.3 is 6.03 Å². The number of nitrogens with one attached hydrogen (secondary N) is 2. The Hall–Kier alpha value is -3.09. The molecule has 2 rings (SSSR count). The van der Waals surface area contributed by atoms with Crippen LogP contribution in [-0.2, 0) is 6.54 Å². The van der Waals surface area contributed by atoms with Gasteiger partial charge in [0.1, 0.15) is 0 Å². The molecule has 0 saturated carbocycles. The molecule has 120 valence electrons. The quantitative estimate of drug-likeness (QED) is 0.789. The molecule has 6 nitrogen and oxygen atoms in total. The van der Waals surface area contributed by atoms with Crippen LogP contribution in [0.25, 0.3) is 0 Å². The molecule has 3 amide bonds. The van der Waals surface area contributed by atoms with Gasteiger partial charge in [-0.1, -0.05) is 12.1 Å². The molecule has 2 aromatic rings. The lowest BCUT2D eigenvalue weighted by molar-refractivity contribution is 0.0951. The lowest BCUT2D eigenvalue weighted by Crippen LogP contribution is -2.23. The number of carbonyl (C=O) groups is 2. The van der Waals surface area contributed by atoms with Crippen LogP contribution in [0.5, 0.6) is 5.75 Å². The van der Waals surface area contributed by atoms with Gasteiger partial charge in [-0.15, -0.1) is 0 Å². The van der Waals surface area contributed by atoms with Crippen molar-refractivity contribution in [3.8, 4) is 5.75 Å². The van der Waals surface area contributed by atoms with E-state index in [0.29, 0.717) is 16.8 Å². The Morgan fingerprint density at radius 1 is 1.22 bits per heavy atom. The molecule has 0 spiro atoms. The molecular formula is C16H16FN3O3. The minimum atomic E-state index is -0.712. The van der Waals surface area contributed by atoms with E-state index in [-0.39, 0.29) is 18.2 Å². The summed E-state index contributed by atoms with van der Waals surface area (Å²) >= 11 is 0. The van der Waals surface area contributed by atoms with E-state index in [2.05, 4.69) is 10.6 Å². The average molecular weight is 317 g/mol. The highest BCUT2D eigenvalue weighted by Crippen LogP contribution is 2.17. The summed E-state index contributed by atoms with van der Waals surface area (Å²) in [6.45, 7) is 0.160. The monoisotopic (exact) mass is 317 g/mol. The van der Waals surface area contributed by atoms with Crippen LogP contribution in [0.1, 0.15) is 15.9 Å². The van der Waals surface area contributed by atoms with Gasteiger partial charge in [-0.25, -0.2) is 9.18 Å². The van der Waals surface area contributed by atoms with Crippen molar-refractivity contribution < 1.29 is 18.7 Å². The molecule has 0 aromatic heterocycles. The minimum Gasteiger partial charge on any atom is -0.494 e. The number of urea groups is 1. The number of ether oxygens (including phenoxy) is 1. The maximum atomic E-state index is 13.6. The Labute approximate surface area is 132 Å². The summed E-state index contributed by atoms with van der Waals surface area (Å²) in [5.74, 6) is -0.702. The van der Waals surface area contributed by atoms with Gasteiger partial charge in [-0.3, -0.25) is 4.79 Å². The van der Waals surface area contributed by atoms with E-state index in [0.717, 1.165) is 0 Å². The Morgan fingerprint density at radius 2 is 2.00 bits per heavy atom. The molecule has 0 aliphatic heterocycles. The minimum absolute atomic E-state index is 0.144. The summed E-state index contributed by atoms with van der Waals surface area (Å²) in [6.07, 6.45) is 0. The van der Waals surface area contributed by atoms with E-state index in [1.807, 2.05) is 0 Å². The standard InChI is InChI=1S/C16H16FN3O3/c1-23-14-6-5-10(7-13(14)17)9-19-15(21)11-3-2-4-12(8-11)20-16(18)22/h2-8H,9H2,1H3,(H,19,21)(H3,18,20,22). The van der Waals surface area contributed by atoms with Crippen LogP contribution in [0, 0.1) is 5.82 Å². The first kappa shape index (κ1) is 16.3. The second-order valence-electron chi connectivity index (χ2n) is 4.72. The third kappa shape index (κ3) is 4.44. The molecule has 23 heavy (non-hydrogen) atoms. The van der Waals surface area contributed by atoms with Gasteiger partial charge in [-0.2, -0.15) is 0 Å². The molecule has 0 atom stereocenters. The topological polar surface area (TPSA) is 93.4 Å². The number of hydrogen-bond acceptors (Lipinski definition) is 3. The smallest absolute Gasteiger partial charge is 0.316 e. The molecule has 0 radical (unpaired) electrons. The predicted molar refractivity (Wildman–Crippen MR) is 83.8 cm³/mol. The number of hydrogen-bond donors (Lipinski definition) is 3. The van der Waals surface area contributed by atoms with Crippen molar-refractivity contribution in [3.63, 3.8) is 0 Å². The van der Waals surface area contributed by atoms with Crippen LogP contribution in [0.4, 0.5) is 14.9 Å². The second-order valence-corrected chi connectivity index (χ2v) is 4.72. The molecule has 0 aliphatic carbocycles. The highest BCUT2D eigenvalue weighted by molar-refractivity contribution is 5.96. The summed E-state index contributed by atoms with van der Waals surface area (Å²) < 4.78 is 18.4. The zero-order valence-electron chi connectivity index (χ0n) is 12.4. The first-order chi connectivity index (χ1) is 11.0. The van der Waals surface area contributed by atoms with Gasteiger partial charge in [0.2, 0.25) is 0 Å². The molecule has 0 unspecified atom stereocenters. The average Bonchev–Trinajstić information content (AvgIpc) is 2.52. The van der Waals surface area contributed by atoms with E-state index >= 15 is 0 Å². The summed E-state index contributed by atoms with van der Waals surface area (Å²) in [7, 11) is 1.38. The number of halogens is 1. The molecule has 0 bridgehead atoms. The number of anilines is 1. The predicted octanol–water partition coefficient (Wildman–Crippen LogP) is 2.25. The van der Waals surface area contributed by atoms with Crippen LogP contribution in [-0.4, -0.2) is 19.0 Å². The van der Waals surface area contributed by atoms with Crippen LogP contribution in [0.2, 0.25) is 0 Å². The molecule has 4 N–H and O–H groups in total. The molecule has 0 heterocycles. The van der Waals surface area contributed by atoms with Crippen LogP contribution < -0.4 is 21.1 Å². The molecule has 0 fully saturated rings. The summed E-state index contributed by atoms with van der Waals surface area (Å²) in [5, 5.41) is 5.06. The van der Waals surface area contributed by atoms with Gasteiger partial charge in [0.15, 0.2) is 11.6 Å². The summed E-state index contributed by atoms with van der Waals surface area (Å²) in [6, 6.07) is 10.1. The maximum absolute atomic E-state index is 13.6. The van der Waals surface area contributed by atoms with E-state index in [9.17, 15) is 14.0 Å². The fraction of sp³-hybridized carbons (Fsp3) is 0.125. The van der Waals surface area contributed by atoms with E-state index in [4.69, 9.17) is 10.5 Å². The zero-order chi connectivity index (χ0) is 16.8. The molecule has 0 saturated heterocycles. The Bertz CT molecular complexity index is 734. The fourth-order valence-electron chi connectivity index (χ4n) is 1.98. The van der Waals surface area contributed by atoms with Crippen molar-refractivity contribution in [2.45, 2.75) is 6.54 Å². The van der Waals surface area contributed by atoms with Crippen molar-refractivity contribution in [2.75, 3.05) is 12.4 Å². The Morgan fingerprint density at radius 3 is 2.65 bits per heavy atom. The number of rotatable bonds is 5. The van der Waals surface area contributed by atoms with E-state index < -0.39 is 11.8 Å². The number of primary amides is 1. The first-order valence-corrected chi connectivity index (χ1v) is 6.76. The number of methoxy groups -OCH3 is 1. The van der Waals surface area contributed by atoms with Crippen molar-refractivity contribution in [1.82, 2.24) is 5.32 Å². The third-order valence-corrected chi connectivity index (χ3v) is 3.06. The third-order valence-electron chi connectivity index (χ3n) is 3.06. The molecule has 7 heteroatoms. The lowest BCUT2D eigenvalue weighted by Gasteiger charge is -2.08. The number of carbonyl (C=O) groups excluding carboxylic acids is 2. The maximum Gasteiger partial charge on any atom is 0.316 e. The number of nitrogens with two attached hydrogens (primary N) is 1. The van der Waals surface area contributed by atoms with Gasteiger partial charge < -0.3 is 21.1 Å². The highest BCUT2D eigenvalue weighted by atomic mass is 19.1. The van der Waals surface area contributed by atoms with Crippen molar-refractivity contribution in [2.24, 2.45) is 5.73 Å². The summed E-state index contributed by atoms with van der Waals surface area (Å²) in [5.41, 5.74) is 6.40. The molecule has 2 aromatic carbocycles. The lowest BCUT2D eigenvalue weighted by atomic mass is 10.1. The van der Waals surface area contributed by atoms with Crippen molar-refractivity contribution >= 4 is 17.6 Å². The van der Waals surface area contributed by atoms with Crippen molar-refractivity contribution in [1.29, 1.82) is 0 Å². The van der Waals surface area contributed by atoms with Gasteiger partial charge in [0, 0.05) is 17.8 Å². The van der Waals surface area contributed by atoms with Crippen LogP contribution in [0.15, 0.2) is 42.5 Å². The Kier molecular flexibility index (Phi) is 5.14. The largest absolute Gasteiger partial charge is 0.494 e.